The van der Waals surface area contributed by atoms with Gasteiger partial charge in [0.1, 0.15) is 12.4 Å². The zero-order chi connectivity index (χ0) is 28.3. The summed E-state index contributed by atoms with van der Waals surface area (Å²) in [6.07, 6.45) is 0.658. The number of nitro benzene ring substituents is 1. The first-order valence-electron chi connectivity index (χ1n) is 12.8. The average molecular weight is 542 g/mol. The van der Waals surface area contributed by atoms with Crippen molar-refractivity contribution in [2.45, 2.75) is 45.4 Å². The number of nitrogens with zero attached hydrogens (tertiary/aromatic N) is 3. The third kappa shape index (κ3) is 3.69. The van der Waals surface area contributed by atoms with Crippen LogP contribution < -0.4 is 10.3 Å². The van der Waals surface area contributed by atoms with Crippen LogP contribution in [0.25, 0.3) is 22.3 Å². The van der Waals surface area contributed by atoms with Gasteiger partial charge in [-0.2, -0.15) is 0 Å². The summed E-state index contributed by atoms with van der Waals surface area (Å²) in [6.45, 7) is 3.69. The predicted octanol–water partition coefficient (Wildman–Crippen LogP) is 3.77. The molecule has 11 nitrogen and oxygen atoms in total. The standard InChI is InChI=1S/C29H23N3O8/c1-3-18-19-11-17(40-27(34)15-5-7-16(8-6-15)32(37)38)9-10-23(19)30-25-20(18)13-31-24(25)12-22-21(26(31)33)14-39-28(35)29(22,36)4-2/h5-12,36H,3-4,13-14H2,1-2H3. The lowest BCUT2D eigenvalue weighted by atomic mass is 9.86. The van der Waals surface area contributed by atoms with E-state index in [0.29, 0.717) is 23.3 Å². The number of fused-ring (bicyclic) bond motifs is 5. The van der Waals surface area contributed by atoms with E-state index in [1.54, 1.807) is 35.8 Å². The number of ether oxygens (including phenoxy) is 2. The van der Waals surface area contributed by atoms with Gasteiger partial charge >= 0.3 is 11.9 Å². The molecular formula is C29H23N3O8. The molecule has 2 aromatic carbocycles. The van der Waals surface area contributed by atoms with E-state index in [1.165, 1.54) is 24.3 Å². The van der Waals surface area contributed by atoms with Crippen LogP contribution in [-0.2, 0) is 34.7 Å². The SMILES string of the molecule is CCc1c2c(nc3ccc(OC(=O)c4ccc([N+](=O)[O-])cc4)cc13)-c1cc3c(c(=O)n1C2)COC(=O)C3(O)CC. The van der Waals surface area contributed by atoms with Crippen molar-refractivity contribution in [1.82, 2.24) is 9.55 Å². The van der Waals surface area contributed by atoms with E-state index in [-0.39, 0.29) is 53.3 Å². The Kier molecular flexibility index (Phi) is 5.77. The summed E-state index contributed by atoms with van der Waals surface area (Å²) in [5.74, 6) is -1.16. The molecule has 0 saturated heterocycles. The number of esters is 2. The van der Waals surface area contributed by atoms with Crippen molar-refractivity contribution in [3.8, 4) is 17.1 Å². The van der Waals surface area contributed by atoms with Crippen molar-refractivity contribution in [3.63, 3.8) is 0 Å². The topological polar surface area (TPSA) is 151 Å². The summed E-state index contributed by atoms with van der Waals surface area (Å²) in [5.41, 5.74) is 1.79. The molecule has 0 amide bonds. The molecule has 6 rings (SSSR count). The second-order valence-electron chi connectivity index (χ2n) is 9.75. The van der Waals surface area contributed by atoms with E-state index in [0.717, 1.165) is 16.5 Å². The molecule has 2 aliphatic heterocycles. The first-order valence-corrected chi connectivity index (χ1v) is 12.8. The molecule has 2 aliphatic rings. The van der Waals surface area contributed by atoms with Crippen molar-refractivity contribution in [1.29, 1.82) is 0 Å². The lowest BCUT2D eigenvalue weighted by Crippen LogP contribution is -2.44. The normalized spacial score (nSPS) is 17.1. The van der Waals surface area contributed by atoms with Crippen LogP contribution in [0, 0.1) is 10.1 Å². The zero-order valence-electron chi connectivity index (χ0n) is 21.6. The van der Waals surface area contributed by atoms with Crippen LogP contribution in [0.5, 0.6) is 5.75 Å². The number of carbonyl (C=O) groups is 2. The summed E-state index contributed by atoms with van der Waals surface area (Å²) < 4.78 is 12.3. The number of hydrogen-bond donors (Lipinski definition) is 1. The second kappa shape index (κ2) is 9.09. The Morgan fingerprint density at radius 2 is 1.90 bits per heavy atom. The minimum Gasteiger partial charge on any atom is -0.458 e. The maximum Gasteiger partial charge on any atom is 0.343 e. The number of cyclic esters (lactones) is 1. The Morgan fingerprint density at radius 1 is 1.15 bits per heavy atom. The van der Waals surface area contributed by atoms with Crippen LogP contribution in [-0.4, -0.2) is 31.5 Å². The summed E-state index contributed by atoms with van der Waals surface area (Å²) in [6, 6.07) is 11.8. The number of non-ortho nitro benzene ring substituents is 1. The van der Waals surface area contributed by atoms with Gasteiger partial charge in [0, 0.05) is 28.6 Å². The molecule has 0 saturated carbocycles. The molecule has 0 bridgehead atoms. The predicted molar refractivity (Wildman–Crippen MR) is 142 cm³/mol. The first-order chi connectivity index (χ1) is 19.2. The van der Waals surface area contributed by atoms with Crippen LogP contribution in [0.15, 0.2) is 53.3 Å². The highest BCUT2D eigenvalue weighted by Gasteiger charge is 2.45. The number of hydrogen-bond acceptors (Lipinski definition) is 9. The third-order valence-corrected chi connectivity index (χ3v) is 7.66. The molecule has 4 heterocycles. The molecule has 0 fully saturated rings. The number of aliphatic hydroxyl groups is 1. The van der Waals surface area contributed by atoms with E-state index < -0.39 is 22.5 Å². The van der Waals surface area contributed by atoms with Crippen molar-refractivity contribution < 1.29 is 29.1 Å². The fourth-order valence-electron chi connectivity index (χ4n) is 5.49. The maximum absolute atomic E-state index is 13.5. The Morgan fingerprint density at radius 3 is 2.58 bits per heavy atom. The smallest absolute Gasteiger partial charge is 0.343 e. The van der Waals surface area contributed by atoms with Crippen LogP contribution >= 0.6 is 0 Å². The van der Waals surface area contributed by atoms with Crippen molar-refractivity contribution >= 4 is 28.5 Å². The molecule has 1 N–H and O–H groups in total. The molecule has 1 unspecified atom stereocenters. The largest absolute Gasteiger partial charge is 0.458 e. The maximum atomic E-state index is 13.5. The monoisotopic (exact) mass is 541 g/mol. The van der Waals surface area contributed by atoms with Gasteiger partial charge < -0.3 is 19.1 Å². The van der Waals surface area contributed by atoms with Gasteiger partial charge in [-0.15, -0.1) is 0 Å². The average Bonchev–Trinajstić information content (AvgIpc) is 3.32. The molecule has 0 radical (unpaired) electrons. The van der Waals surface area contributed by atoms with E-state index in [4.69, 9.17) is 14.5 Å². The van der Waals surface area contributed by atoms with E-state index in [1.807, 2.05) is 6.92 Å². The molecular weight excluding hydrogens is 518 g/mol. The Hall–Kier alpha value is -4.90. The van der Waals surface area contributed by atoms with Crippen molar-refractivity contribution in [3.05, 3.63) is 96.8 Å². The molecule has 0 aliphatic carbocycles. The minimum absolute atomic E-state index is 0.0569. The lowest BCUT2D eigenvalue weighted by Gasteiger charge is -2.31. The summed E-state index contributed by atoms with van der Waals surface area (Å²) in [5, 5.41) is 22.7. The number of nitro groups is 1. The van der Waals surface area contributed by atoms with Gasteiger partial charge in [0.25, 0.3) is 11.2 Å². The second-order valence-corrected chi connectivity index (χ2v) is 9.75. The van der Waals surface area contributed by atoms with Crippen LogP contribution in [0.4, 0.5) is 5.69 Å². The number of aryl methyl sites for hydroxylation is 1. The van der Waals surface area contributed by atoms with Gasteiger partial charge in [-0.05, 0) is 54.8 Å². The van der Waals surface area contributed by atoms with Crippen molar-refractivity contribution in [2.75, 3.05) is 0 Å². The van der Waals surface area contributed by atoms with Gasteiger partial charge in [-0.25, -0.2) is 14.6 Å². The first kappa shape index (κ1) is 25.4. The minimum atomic E-state index is -1.90. The lowest BCUT2D eigenvalue weighted by molar-refractivity contribution is -0.384. The number of pyridine rings is 2. The van der Waals surface area contributed by atoms with E-state index in [9.17, 15) is 29.6 Å². The van der Waals surface area contributed by atoms with E-state index >= 15 is 0 Å². The van der Waals surface area contributed by atoms with Gasteiger partial charge in [-0.3, -0.25) is 14.9 Å². The highest BCUT2D eigenvalue weighted by atomic mass is 16.6. The molecule has 2 aromatic heterocycles. The summed E-state index contributed by atoms with van der Waals surface area (Å²) >= 11 is 0. The molecule has 0 spiro atoms. The number of rotatable bonds is 5. The fraction of sp³-hybridized carbons (Fsp3) is 0.241. The van der Waals surface area contributed by atoms with Crippen LogP contribution in [0.2, 0.25) is 0 Å². The Balaban J connectivity index is 1.42. The number of aromatic nitrogens is 2. The fourth-order valence-corrected chi connectivity index (χ4v) is 5.49. The molecule has 202 valence electrons. The van der Waals surface area contributed by atoms with Gasteiger partial charge in [0.15, 0.2) is 5.60 Å². The summed E-state index contributed by atoms with van der Waals surface area (Å²) in [4.78, 5) is 53.8. The molecule has 40 heavy (non-hydrogen) atoms. The molecule has 11 heteroatoms. The van der Waals surface area contributed by atoms with Crippen molar-refractivity contribution in [2.24, 2.45) is 0 Å². The summed E-state index contributed by atoms with van der Waals surface area (Å²) in [7, 11) is 0. The highest BCUT2D eigenvalue weighted by Crippen LogP contribution is 2.40. The Labute approximate surface area is 226 Å². The van der Waals surface area contributed by atoms with E-state index in [2.05, 4.69) is 0 Å². The third-order valence-electron chi connectivity index (χ3n) is 7.66. The Bertz CT molecular complexity index is 1830. The van der Waals surface area contributed by atoms with Gasteiger partial charge in [-0.1, -0.05) is 13.8 Å². The van der Waals surface area contributed by atoms with Crippen LogP contribution in [0.1, 0.15) is 52.9 Å². The zero-order valence-corrected chi connectivity index (χ0v) is 21.6. The quantitative estimate of drug-likeness (QED) is 0.152. The van der Waals surface area contributed by atoms with Gasteiger partial charge in [0.2, 0.25) is 0 Å². The molecule has 4 aromatic rings. The highest BCUT2D eigenvalue weighted by molar-refractivity contribution is 5.93. The number of carbonyl (C=O) groups excluding carboxylic acids is 2. The number of benzene rings is 2. The van der Waals surface area contributed by atoms with Crippen LogP contribution in [0.3, 0.4) is 0 Å². The van der Waals surface area contributed by atoms with Gasteiger partial charge in [0.05, 0.1) is 39.5 Å². The molecule has 1 atom stereocenters.